The van der Waals surface area contributed by atoms with Crippen molar-refractivity contribution in [3.8, 4) is 0 Å². The minimum atomic E-state index is -0.693. The van der Waals surface area contributed by atoms with Gasteiger partial charge in [-0.1, -0.05) is 72.3 Å². The second-order valence-electron chi connectivity index (χ2n) is 12.7. The van der Waals surface area contributed by atoms with Crippen LogP contribution in [0.4, 0.5) is 4.39 Å². The first-order valence-corrected chi connectivity index (χ1v) is 16.0. The van der Waals surface area contributed by atoms with Gasteiger partial charge in [0, 0.05) is 38.2 Å². The van der Waals surface area contributed by atoms with Crippen LogP contribution in [0.5, 0.6) is 0 Å². The first kappa shape index (κ1) is 29.8. The van der Waals surface area contributed by atoms with E-state index in [0.717, 1.165) is 81.5 Å². The molecule has 226 valence electrons. The number of piperidine rings is 2. The molecule has 2 atom stereocenters. The SMILES string of the molecule is CN(Cc1ccccc1Cl)C(=O)C1(c2ccc(F)cc2)CC1CN1CCC(C(=O)N2CCCCC2)(c2ccccc2)CC1. The molecule has 7 heteroatoms. The van der Waals surface area contributed by atoms with Gasteiger partial charge in [-0.15, -0.1) is 0 Å². The molecule has 3 aliphatic rings. The maximum Gasteiger partial charge on any atom is 0.233 e. The van der Waals surface area contributed by atoms with Gasteiger partial charge in [0.2, 0.25) is 11.8 Å². The highest BCUT2D eigenvalue weighted by Gasteiger charge is 2.62. The maximum atomic E-state index is 14.2. The standard InChI is InChI=1S/C36H41ClFN3O2/c1-39(25-27-10-6-7-13-32(27)37)34(43)36(29-14-16-31(38)17-15-29)24-30(36)26-40-22-18-35(19-23-40,28-11-4-2-5-12-28)33(42)41-20-8-3-9-21-41/h2,4-7,10-17,30H,3,8-9,18-26H2,1H3. The Kier molecular flexibility index (Phi) is 8.61. The summed E-state index contributed by atoms with van der Waals surface area (Å²) < 4.78 is 13.9. The zero-order chi connectivity index (χ0) is 30.0. The highest BCUT2D eigenvalue weighted by Crippen LogP contribution is 2.56. The summed E-state index contributed by atoms with van der Waals surface area (Å²) in [5.41, 5.74) is 1.69. The summed E-state index contributed by atoms with van der Waals surface area (Å²) >= 11 is 6.42. The number of carbonyl (C=O) groups excluding carboxylic acids is 2. The number of hydrogen-bond acceptors (Lipinski definition) is 3. The molecule has 2 saturated heterocycles. The minimum absolute atomic E-state index is 0.0416. The number of benzene rings is 3. The summed E-state index contributed by atoms with van der Waals surface area (Å²) in [7, 11) is 1.83. The lowest BCUT2D eigenvalue weighted by molar-refractivity contribution is -0.140. The molecule has 2 heterocycles. The molecule has 2 amide bonds. The number of hydrogen-bond donors (Lipinski definition) is 0. The molecular formula is C36H41ClFN3O2. The van der Waals surface area contributed by atoms with Gasteiger partial charge in [0.1, 0.15) is 5.82 Å². The monoisotopic (exact) mass is 601 g/mol. The third kappa shape index (κ3) is 5.84. The topological polar surface area (TPSA) is 43.9 Å². The van der Waals surface area contributed by atoms with Crippen molar-refractivity contribution in [2.24, 2.45) is 5.92 Å². The molecule has 2 unspecified atom stereocenters. The normalized spacial score (nSPS) is 23.5. The van der Waals surface area contributed by atoms with E-state index < -0.39 is 10.8 Å². The van der Waals surface area contributed by atoms with E-state index in [-0.39, 0.29) is 23.5 Å². The molecule has 43 heavy (non-hydrogen) atoms. The largest absolute Gasteiger partial charge is 0.342 e. The highest BCUT2D eigenvalue weighted by atomic mass is 35.5. The van der Waals surface area contributed by atoms with Gasteiger partial charge in [0.05, 0.1) is 10.8 Å². The van der Waals surface area contributed by atoms with Crippen LogP contribution < -0.4 is 0 Å². The fraction of sp³-hybridized carbons (Fsp3) is 0.444. The summed E-state index contributed by atoms with van der Waals surface area (Å²) in [6.45, 7) is 4.48. The molecule has 3 aromatic carbocycles. The van der Waals surface area contributed by atoms with Gasteiger partial charge >= 0.3 is 0 Å². The van der Waals surface area contributed by atoms with E-state index in [1.807, 2.05) is 49.5 Å². The van der Waals surface area contributed by atoms with Crippen LogP contribution in [0.2, 0.25) is 5.02 Å². The lowest BCUT2D eigenvalue weighted by Gasteiger charge is -2.44. The van der Waals surface area contributed by atoms with E-state index in [9.17, 15) is 14.0 Å². The molecule has 0 radical (unpaired) electrons. The third-order valence-corrected chi connectivity index (χ3v) is 10.5. The number of nitrogens with zero attached hydrogens (tertiary/aromatic N) is 3. The molecule has 0 N–H and O–H groups in total. The first-order valence-electron chi connectivity index (χ1n) is 15.7. The molecule has 0 bridgehead atoms. The van der Waals surface area contributed by atoms with E-state index in [1.54, 1.807) is 17.0 Å². The van der Waals surface area contributed by atoms with Gasteiger partial charge in [-0.25, -0.2) is 4.39 Å². The second-order valence-corrected chi connectivity index (χ2v) is 13.1. The van der Waals surface area contributed by atoms with E-state index in [2.05, 4.69) is 21.9 Å². The fourth-order valence-corrected chi connectivity index (χ4v) is 7.74. The Morgan fingerprint density at radius 2 is 1.51 bits per heavy atom. The lowest BCUT2D eigenvalue weighted by Crippen LogP contribution is -2.54. The van der Waals surface area contributed by atoms with Crippen LogP contribution in [-0.2, 0) is 27.0 Å². The van der Waals surface area contributed by atoms with Crippen molar-refractivity contribution in [2.45, 2.75) is 55.9 Å². The molecule has 0 spiro atoms. The van der Waals surface area contributed by atoms with Gasteiger partial charge in [-0.05, 0) is 92.4 Å². The summed E-state index contributed by atoms with van der Waals surface area (Å²) in [6.07, 6.45) is 5.60. The van der Waals surface area contributed by atoms with Crippen LogP contribution in [-0.4, -0.2) is 66.3 Å². The molecule has 5 nitrogen and oxygen atoms in total. The number of amides is 2. The maximum absolute atomic E-state index is 14.2. The molecule has 3 fully saturated rings. The predicted molar refractivity (Wildman–Crippen MR) is 168 cm³/mol. The molecule has 6 rings (SSSR count). The number of halogens is 2. The Labute approximate surface area is 259 Å². The Morgan fingerprint density at radius 3 is 2.19 bits per heavy atom. The average Bonchev–Trinajstić information content (AvgIpc) is 3.77. The number of rotatable bonds is 8. The first-order chi connectivity index (χ1) is 20.8. The van der Waals surface area contributed by atoms with E-state index in [0.29, 0.717) is 11.6 Å². The lowest BCUT2D eigenvalue weighted by atomic mass is 9.71. The summed E-state index contributed by atoms with van der Waals surface area (Å²) in [4.78, 5) is 34.5. The molecule has 3 aromatic rings. The van der Waals surface area contributed by atoms with Gasteiger partial charge in [0.25, 0.3) is 0 Å². The smallest absolute Gasteiger partial charge is 0.233 e. The predicted octanol–water partition coefficient (Wildman–Crippen LogP) is 6.44. The summed E-state index contributed by atoms with van der Waals surface area (Å²) in [5, 5.41) is 0.639. The van der Waals surface area contributed by atoms with Crippen molar-refractivity contribution in [3.63, 3.8) is 0 Å². The number of carbonyl (C=O) groups is 2. The van der Waals surface area contributed by atoms with Crippen molar-refractivity contribution in [3.05, 3.63) is 106 Å². The van der Waals surface area contributed by atoms with E-state index >= 15 is 0 Å². The van der Waals surface area contributed by atoms with Crippen LogP contribution in [0, 0.1) is 11.7 Å². The van der Waals surface area contributed by atoms with Crippen LogP contribution in [0.3, 0.4) is 0 Å². The molecule has 1 saturated carbocycles. The van der Waals surface area contributed by atoms with Gasteiger partial charge in [-0.3, -0.25) is 9.59 Å². The Hall–Kier alpha value is -3.22. The minimum Gasteiger partial charge on any atom is -0.342 e. The van der Waals surface area contributed by atoms with Crippen molar-refractivity contribution < 1.29 is 14.0 Å². The Morgan fingerprint density at radius 1 is 0.860 bits per heavy atom. The quantitative estimate of drug-likeness (QED) is 0.298. The third-order valence-electron chi connectivity index (χ3n) is 10.1. The van der Waals surface area contributed by atoms with Crippen molar-refractivity contribution in [2.75, 3.05) is 39.8 Å². The van der Waals surface area contributed by atoms with Crippen molar-refractivity contribution in [1.29, 1.82) is 0 Å². The Bertz CT molecular complexity index is 1430. The van der Waals surface area contributed by atoms with Gasteiger partial charge < -0.3 is 14.7 Å². The van der Waals surface area contributed by atoms with Crippen LogP contribution >= 0.6 is 11.6 Å². The van der Waals surface area contributed by atoms with Crippen LogP contribution in [0.1, 0.15) is 55.2 Å². The molecule has 0 aromatic heterocycles. The average molecular weight is 602 g/mol. The van der Waals surface area contributed by atoms with Crippen molar-refractivity contribution >= 4 is 23.4 Å². The van der Waals surface area contributed by atoms with Crippen LogP contribution in [0.25, 0.3) is 0 Å². The summed E-state index contributed by atoms with van der Waals surface area (Å²) in [5.74, 6) is 0.127. The van der Waals surface area contributed by atoms with E-state index in [1.165, 1.54) is 18.6 Å². The zero-order valence-electron chi connectivity index (χ0n) is 25.0. The van der Waals surface area contributed by atoms with Crippen molar-refractivity contribution in [1.82, 2.24) is 14.7 Å². The number of likely N-dealkylation sites (N-methyl/N-ethyl adjacent to an activating group) is 1. The zero-order valence-corrected chi connectivity index (χ0v) is 25.7. The highest BCUT2D eigenvalue weighted by molar-refractivity contribution is 6.31. The summed E-state index contributed by atoms with van der Waals surface area (Å²) in [6, 6.07) is 24.4. The Balaban J connectivity index is 1.19. The molecular weight excluding hydrogens is 561 g/mol. The fourth-order valence-electron chi connectivity index (χ4n) is 7.54. The van der Waals surface area contributed by atoms with Crippen LogP contribution in [0.15, 0.2) is 78.9 Å². The second kappa shape index (κ2) is 12.4. The van der Waals surface area contributed by atoms with E-state index in [4.69, 9.17) is 11.6 Å². The molecule has 1 aliphatic carbocycles. The molecule has 2 aliphatic heterocycles. The number of likely N-dealkylation sites (tertiary alicyclic amines) is 2. The van der Waals surface area contributed by atoms with Gasteiger partial charge in [0.15, 0.2) is 0 Å². The van der Waals surface area contributed by atoms with Gasteiger partial charge in [-0.2, -0.15) is 0 Å².